The Labute approximate surface area is 182 Å². The summed E-state index contributed by atoms with van der Waals surface area (Å²) in [5.41, 5.74) is 1.01. The van der Waals surface area contributed by atoms with Gasteiger partial charge in [0.05, 0.1) is 12.1 Å². The van der Waals surface area contributed by atoms with Crippen LogP contribution in [0.3, 0.4) is 0 Å². The molecule has 0 aliphatic heterocycles. The summed E-state index contributed by atoms with van der Waals surface area (Å²) >= 11 is 0. The van der Waals surface area contributed by atoms with Gasteiger partial charge in [-0.3, -0.25) is 4.79 Å². The molecule has 2 N–H and O–H groups in total. The van der Waals surface area contributed by atoms with Crippen LogP contribution in [-0.2, 0) is 22.4 Å². The number of rotatable bonds is 9. The minimum Gasteiger partial charge on any atom is -0.462 e. The molecule has 1 aromatic heterocycles. The molecule has 0 fully saturated rings. The predicted octanol–water partition coefficient (Wildman–Crippen LogP) is 2.85. The van der Waals surface area contributed by atoms with Crippen molar-refractivity contribution in [2.24, 2.45) is 0 Å². The molecule has 170 valence electrons. The zero-order valence-electron chi connectivity index (χ0n) is 19.0. The molecule has 8 nitrogen and oxygen atoms in total. The van der Waals surface area contributed by atoms with E-state index in [1.54, 1.807) is 13.1 Å². The third-order valence-corrected chi connectivity index (χ3v) is 4.54. The van der Waals surface area contributed by atoms with E-state index in [9.17, 15) is 14.4 Å². The van der Waals surface area contributed by atoms with Crippen LogP contribution >= 0.6 is 0 Å². The van der Waals surface area contributed by atoms with Crippen LogP contribution in [0, 0.1) is 0 Å². The molecule has 0 aliphatic carbocycles. The van der Waals surface area contributed by atoms with Crippen LogP contribution in [0.4, 0.5) is 4.79 Å². The molecule has 0 bridgehead atoms. The number of aryl methyl sites for hydroxylation is 1. The summed E-state index contributed by atoms with van der Waals surface area (Å²) in [6.45, 7) is 11.7. The standard InChI is InChI=1S/C23H33N3O5/c1-6-26-15-18(21(28)30-7-2)20(27)17-14-16(8-9-19(17)26)10-11-24-12-13-25-22(29)31-23(3,4)5/h8-9,14-15,24H,6-7,10-13H2,1-5H3,(H,25,29). The lowest BCUT2D eigenvalue weighted by Gasteiger charge is -2.19. The number of carbonyl (C=O) groups is 2. The fourth-order valence-electron chi connectivity index (χ4n) is 3.14. The van der Waals surface area contributed by atoms with Crippen molar-refractivity contribution in [3.05, 3.63) is 45.7 Å². The Hall–Kier alpha value is -2.87. The number of nitrogens with one attached hydrogen (secondary N) is 2. The molecule has 2 rings (SSSR count). The third kappa shape index (κ3) is 7.10. The number of carbonyl (C=O) groups excluding carboxylic acids is 2. The summed E-state index contributed by atoms with van der Waals surface area (Å²) in [5.74, 6) is -0.596. The fourth-order valence-corrected chi connectivity index (χ4v) is 3.14. The predicted molar refractivity (Wildman–Crippen MR) is 121 cm³/mol. The number of esters is 1. The van der Waals surface area contributed by atoms with E-state index >= 15 is 0 Å². The lowest BCUT2D eigenvalue weighted by molar-refractivity contribution is 0.0515. The second kappa shape index (κ2) is 10.9. The van der Waals surface area contributed by atoms with Crippen LogP contribution in [0.1, 0.15) is 50.5 Å². The Morgan fingerprint density at radius 3 is 2.48 bits per heavy atom. The highest BCUT2D eigenvalue weighted by molar-refractivity contribution is 5.93. The summed E-state index contributed by atoms with van der Waals surface area (Å²) in [7, 11) is 0. The van der Waals surface area contributed by atoms with Gasteiger partial charge in [-0.25, -0.2) is 9.59 Å². The summed E-state index contributed by atoms with van der Waals surface area (Å²) in [6.07, 6.45) is 1.84. The Kier molecular flexibility index (Phi) is 8.62. The first-order chi connectivity index (χ1) is 14.7. The smallest absolute Gasteiger partial charge is 0.407 e. The lowest BCUT2D eigenvalue weighted by Crippen LogP contribution is -2.36. The van der Waals surface area contributed by atoms with Crippen LogP contribution in [0.5, 0.6) is 0 Å². The van der Waals surface area contributed by atoms with Crippen molar-refractivity contribution >= 4 is 23.0 Å². The minimum atomic E-state index is -0.596. The molecule has 0 atom stereocenters. The van der Waals surface area contributed by atoms with Gasteiger partial charge in [0, 0.05) is 31.2 Å². The molecule has 0 unspecified atom stereocenters. The molecule has 31 heavy (non-hydrogen) atoms. The zero-order chi connectivity index (χ0) is 23.0. The monoisotopic (exact) mass is 431 g/mol. The number of hydrogen-bond acceptors (Lipinski definition) is 6. The number of amides is 1. The average molecular weight is 432 g/mol. The maximum absolute atomic E-state index is 12.9. The third-order valence-electron chi connectivity index (χ3n) is 4.54. The summed E-state index contributed by atoms with van der Waals surface area (Å²) in [4.78, 5) is 36.6. The van der Waals surface area contributed by atoms with E-state index in [1.165, 1.54) is 0 Å². The van der Waals surface area contributed by atoms with Crippen molar-refractivity contribution in [2.75, 3.05) is 26.2 Å². The second-order valence-electron chi connectivity index (χ2n) is 8.16. The van der Waals surface area contributed by atoms with Gasteiger partial charge >= 0.3 is 12.1 Å². The van der Waals surface area contributed by atoms with Crippen LogP contribution in [0.2, 0.25) is 0 Å². The van der Waals surface area contributed by atoms with Gasteiger partial charge in [0.15, 0.2) is 0 Å². The highest BCUT2D eigenvalue weighted by Gasteiger charge is 2.17. The number of ether oxygens (including phenoxy) is 2. The molecule has 1 heterocycles. The topological polar surface area (TPSA) is 98.7 Å². The number of aromatic nitrogens is 1. The van der Waals surface area contributed by atoms with Crippen molar-refractivity contribution in [2.45, 2.75) is 53.2 Å². The zero-order valence-corrected chi connectivity index (χ0v) is 19.0. The van der Waals surface area contributed by atoms with Crippen LogP contribution in [0.15, 0.2) is 29.2 Å². The lowest BCUT2D eigenvalue weighted by atomic mass is 10.1. The molecule has 0 spiro atoms. The number of benzene rings is 1. The molecule has 2 aromatic rings. The number of pyridine rings is 1. The van der Waals surface area contributed by atoms with Gasteiger partial charge in [-0.15, -0.1) is 0 Å². The summed E-state index contributed by atoms with van der Waals surface area (Å²) in [5, 5.41) is 6.46. The van der Waals surface area contributed by atoms with E-state index < -0.39 is 17.7 Å². The molecule has 0 aliphatic rings. The molecule has 0 radical (unpaired) electrons. The largest absolute Gasteiger partial charge is 0.462 e. The van der Waals surface area contributed by atoms with Gasteiger partial charge < -0.3 is 24.7 Å². The van der Waals surface area contributed by atoms with Gasteiger partial charge in [-0.05, 0) is 65.3 Å². The Morgan fingerprint density at radius 2 is 1.84 bits per heavy atom. The highest BCUT2D eigenvalue weighted by Crippen LogP contribution is 2.15. The quantitative estimate of drug-likeness (QED) is 0.468. The van der Waals surface area contributed by atoms with E-state index in [4.69, 9.17) is 9.47 Å². The minimum absolute atomic E-state index is 0.0553. The molecular weight excluding hydrogens is 398 g/mol. The van der Waals surface area contributed by atoms with Crippen molar-refractivity contribution in [3.63, 3.8) is 0 Å². The Bertz CT molecular complexity index is 976. The summed E-state index contributed by atoms with van der Waals surface area (Å²) in [6, 6.07) is 5.74. The van der Waals surface area contributed by atoms with Crippen molar-refractivity contribution in [1.29, 1.82) is 0 Å². The van der Waals surface area contributed by atoms with Crippen molar-refractivity contribution in [3.8, 4) is 0 Å². The van der Waals surface area contributed by atoms with Crippen molar-refractivity contribution in [1.82, 2.24) is 15.2 Å². The van der Waals surface area contributed by atoms with E-state index in [1.807, 2.05) is 50.5 Å². The van der Waals surface area contributed by atoms with Gasteiger partial charge in [-0.1, -0.05) is 6.07 Å². The molecule has 0 saturated carbocycles. The van der Waals surface area contributed by atoms with E-state index in [2.05, 4.69) is 10.6 Å². The van der Waals surface area contributed by atoms with E-state index in [-0.39, 0.29) is 17.6 Å². The van der Waals surface area contributed by atoms with Gasteiger partial charge in [0.25, 0.3) is 0 Å². The van der Waals surface area contributed by atoms with Gasteiger partial charge in [0.1, 0.15) is 11.2 Å². The number of alkyl carbamates (subject to hydrolysis) is 1. The Balaban J connectivity index is 1.99. The van der Waals surface area contributed by atoms with Crippen LogP contribution < -0.4 is 16.1 Å². The second-order valence-corrected chi connectivity index (χ2v) is 8.16. The van der Waals surface area contributed by atoms with Crippen molar-refractivity contribution < 1.29 is 19.1 Å². The first kappa shape index (κ1) is 24.4. The maximum Gasteiger partial charge on any atom is 0.407 e. The molecule has 0 saturated heterocycles. The first-order valence-electron chi connectivity index (χ1n) is 10.7. The average Bonchev–Trinajstić information content (AvgIpc) is 2.70. The van der Waals surface area contributed by atoms with E-state index in [0.29, 0.717) is 38.0 Å². The van der Waals surface area contributed by atoms with E-state index in [0.717, 1.165) is 11.1 Å². The first-order valence-corrected chi connectivity index (χ1v) is 10.7. The van der Waals surface area contributed by atoms with Crippen LogP contribution in [0.25, 0.3) is 10.9 Å². The number of nitrogens with zero attached hydrogens (tertiary/aromatic N) is 1. The van der Waals surface area contributed by atoms with Gasteiger partial charge in [-0.2, -0.15) is 0 Å². The highest BCUT2D eigenvalue weighted by atomic mass is 16.6. The van der Waals surface area contributed by atoms with Crippen LogP contribution in [-0.4, -0.2) is 48.5 Å². The summed E-state index contributed by atoms with van der Waals surface area (Å²) < 4.78 is 12.1. The molecule has 8 heteroatoms. The molecule has 1 aromatic carbocycles. The molecule has 1 amide bonds. The SMILES string of the molecule is CCOC(=O)c1cn(CC)c2ccc(CCNCCNC(=O)OC(C)(C)C)cc2c1=O. The normalized spacial score (nSPS) is 11.4. The fraction of sp³-hybridized carbons (Fsp3) is 0.522. The Morgan fingerprint density at radius 1 is 1.10 bits per heavy atom. The van der Waals surface area contributed by atoms with Gasteiger partial charge in [0.2, 0.25) is 5.43 Å². The molecular formula is C23H33N3O5. The maximum atomic E-state index is 12.9. The number of fused-ring (bicyclic) bond motifs is 1. The number of hydrogen-bond donors (Lipinski definition) is 2.